The van der Waals surface area contributed by atoms with Gasteiger partial charge in [0, 0.05) is 5.92 Å². The summed E-state index contributed by atoms with van der Waals surface area (Å²) in [7, 11) is 1.41. The standard InChI is InChI=1S/C21H18FNO4/c1-13(2)20(24)16(12-23)10-14-4-9-18(19(11-14)26-3)27-21(25)15-5-7-17(22)8-6-15/h4-11,13H,1-3H3/b16-10-. The van der Waals surface area contributed by atoms with Crippen LogP contribution in [-0.4, -0.2) is 18.9 Å². The van der Waals surface area contributed by atoms with Crippen LogP contribution in [0.2, 0.25) is 0 Å². The Bertz CT molecular complexity index is 924. The Kier molecular flexibility index (Phi) is 6.45. The van der Waals surface area contributed by atoms with Crippen molar-refractivity contribution in [2.75, 3.05) is 7.11 Å². The smallest absolute Gasteiger partial charge is 0.343 e. The van der Waals surface area contributed by atoms with Crippen LogP contribution < -0.4 is 9.47 Å². The second-order valence-electron chi connectivity index (χ2n) is 6.00. The molecule has 2 aromatic carbocycles. The predicted molar refractivity (Wildman–Crippen MR) is 97.8 cm³/mol. The minimum Gasteiger partial charge on any atom is -0.493 e. The number of Topliss-reactive ketones (excluding diaryl/α,β-unsaturated/α-hetero) is 1. The molecule has 6 heteroatoms. The van der Waals surface area contributed by atoms with Crippen LogP contribution in [0.3, 0.4) is 0 Å². The van der Waals surface area contributed by atoms with Gasteiger partial charge in [0.15, 0.2) is 17.3 Å². The van der Waals surface area contributed by atoms with Gasteiger partial charge in [0.1, 0.15) is 11.9 Å². The summed E-state index contributed by atoms with van der Waals surface area (Å²) in [6.07, 6.45) is 1.45. The fraction of sp³-hybridized carbons (Fsp3) is 0.190. The molecule has 0 aliphatic carbocycles. The average Bonchev–Trinajstić information content (AvgIpc) is 2.66. The number of ether oxygens (including phenoxy) is 2. The number of hydrogen-bond acceptors (Lipinski definition) is 5. The van der Waals surface area contributed by atoms with Gasteiger partial charge in [-0.3, -0.25) is 4.79 Å². The predicted octanol–water partition coefficient (Wildman–Crippen LogP) is 4.19. The van der Waals surface area contributed by atoms with E-state index in [0.717, 1.165) is 12.1 Å². The lowest BCUT2D eigenvalue weighted by atomic mass is 10.00. The first kappa shape index (κ1) is 19.9. The number of nitrogens with zero attached hydrogens (tertiary/aromatic N) is 1. The first-order valence-electron chi connectivity index (χ1n) is 8.17. The van der Waals surface area contributed by atoms with E-state index in [9.17, 15) is 19.2 Å². The molecular formula is C21H18FNO4. The molecule has 138 valence electrons. The molecule has 0 aliphatic rings. The van der Waals surface area contributed by atoms with Crippen molar-refractivity contribution in [1.82, 2.24) is 0 Å². The third kappa shape index (κ3) is 5.02. The van der Waals surface area contributed by atoms with Gasteiger partial charge in [-0.2, -0.15) is 5.26 Å². The molecule has 27 heavy (non-hydrogen) atoms. The van der Waals surface area contributed by atoms with Crippen molar-refractivity contribution in [1.29, 1.82) is 5.26 Å². The maximum atomic E-state index is 13.0. The van der Waals surface area contributed by atoms with Gasteiger partial charge >= 0.3 is 5.97 Å². The number of halogens is 1. The van der Waals surface area contributed by atoms with Crippen molar-refractivity contribution in [2.24, 2.45) is 5.92 Å². The molecule has 0 heterocycles. The second-order valence-corrected chi connectivity index (χ2v) is 6.00. The van der Waals surface area contributed by atoms with E-state index in [1.807, 2.05) is 6.07 Å². The highest BCUT2D eigenvalue weighted by Crippen LogP contribution is 2.30. The monoisotopic (exact) mass is 367 g/mol. The van der Waals surface area contributed by atoms with Crippen molar-refractivity contribution in [3.05, 3.63) is 65.0 Å². The van der Waals surface area contributed by atoms with Crippen LogP contribution in [-0.2, 0) is 4.79 Å². The van der Waals surface area contributed by atoms with Gasteiger partial charge in [-0.05, 0) is 48.0 Å². The van der Waals surface area contributed by atoms with Crippen LogP contribution in [0.1, 0.15) is 29.8 Å². The molecule has 0 unspecified atom stereocenters. The zero-order chi connectivity index (χ0) is 20.0. The molecule has 0 amide bonds. The number of methoxy groups -OCH3 is 1. The Morgan fingerprint density at radius 3 is 2.33 bits per heavy atom. The summed E-state index contributed by atoms with van der Waals surface area (Å²) >= 11 is 0. The molecule has 0 spiro atoms. The third-order valence-electron chi connectivity index (χ3n) is 3.69. The van der Waals surface area contributed by atoms with E-state index in [1.165, 1.54) is 31.4 Å². The minimum atomic E-state index is -0.663. The van der Waals surface area contributed by atoms with Gasteiger partial charge in [-0.15, -0.1) is 0 Å². The highest BCUT2D eigenvalue weighted by molar-refractivity contribution is 6.04. The Hall–Kier alpha value is -3.46. The largest absolute Gasteiger partial charge is 0.493 e. The summed E-state index contributed by atoms with van der Waals surface area (Å²) in [5, 5.41) is 9.19. The summed E-state index contributed by atoms with van der Waals surface area (Å²) in [6, 6.07) is 11.5. The van der Waals surface area contributed by atoms with Gasteiger partial charge in [-0.25, -0.2) is 9.18 Å². The van der Waals surface area contributed by atoms with Crippen molar-refractivity contribution >= 4 is 17.8 Å². The summed E-state index contributed by atoms with van der Waals surface area (Å²) in [4.78, 5) is 24.2. The molecule has 0 atom stereocenters. The van der Waals surface area contributed by atoms with Crippen LogP contribution in [0.15, 0.2) is 48.0 Å². The number of carbonyl (C=O) groups excluding carboxylic acids is 2. The third-order valence-corrected chi connectivity index (χ3v) is 3.69. The average molecular weight is 367 g/mol. The van der Waals surface area contributed by atoms with E-state index in [2.05, 4.69) is 0 Å². The Morgan fingerprint density at radius 2 is 1.78 bits per heavy atom. The lowest BCUT2D eigenvalue weighted by Crippen LogP contribution is -2.10. The Morgan fingerprint density at radius 1 is 1.11 bits per heavy atom. The topological polar surface area (TPSA) is 76.4 Å². The molecule has 0 radical (unpaired) electrons. The summed E-state index contributed by atoms with van der Waals surface area (Å²) in [5.41, 5.74) is 0.777. The van der Waals surface area contributed by atoms with E-state index in [4.69, 9.17) is 9.47 Å². The van der Waals surface area contributed by atoms with Gasteiger partial charge in [0.05, 0.1) is 18.2 Å². The first-order chi connectivity index (χ1) is 12.8. The molecule has 0 bridgehead atoms. The Balaban J connectivity index is 2.28. The highest BCUT2D eigenvalue weighted by Gasteiger charge is 2.15. The van der Waals surface area contributed by atoms with Crippen molar-refractivity contribution < 1.29 is 23.5 Å². The first-order valence-corrected chi connectivity index (χ1v) is 8.17. The molecule has 0 N–H and O–H groups in total. The summed E-state index contributed by atoms with van der Waals surface area (Å²) in [6.45, 7) is 3.43. The molecule has 0 saturated heterocycles. The maximum Gasteiger partial charge on any atom is 0.343 e. The fourth-order valence-corrected chi connectivity index (χ4v) is 2.24. The van der Waals surface area contributed by atoms with Gasteiger partial charge in [0.25, 0.3) is 0 Å². The summed E-state index contributed by atoms with van der Waals surface area (Å²) in [5.74, 6) is -1.25. The Labute approximate surface area is 156 Å². The van der Waals surface area contributed by atoms with Gasteiger partial charge in [0.2, 0.25) is 0 Å². The van der Waals surface area contributed by atoms with Gasteiger partial charge in [-0.1, -0.05) is 19.9 Å². The minimum absolute atomic E-state index is 0.0307. The molecular weight excluding hydrogens is 349 g/mol. The SMILES string of the molecule is COc1cc(/C=C(/C#N)C(=O)C(C)C)ccc1OC(=O)c1ccc(F)cc1. The van der Waals surface area contributed by atoms with E-state index < -0.39 is 11.8 Å². The van der Waals surface area contributed by atoms with Crippen molar-refractivity contribution in [3.8, 4) is 17.6 Å². The molecule has 0 fully saturated rings. The normalized spacial score (nSPS) is 11.0. The number of esters is 1. The number of carbonyl (C=O) groups is 2. The van der Waals surface area contributed by atoms with Crippen LogP contribution in [0.4, 0.5) is 4.39 Å². The van der Waals surface area contributed by atoms with E-state index in [1.54, 1.807) is 26.0 Å². The number of rotatable bonds is 6. The zero-order valence-corrected chi connectivity index (χ0v) is 15.2. The summed E-state index contributed by atoms with van der Waals surface area (Å²) < 4.78 is 23.5. The van der Waals surface area contributed by atoms with Crippen molar-refractivity contribution in [3.63, 3.8) is 0 Å². The number of hydrogen-bond donors (Lipinski definition) is 0. The molecule has 2 rings (SSSR count). The van der Waals surface area contributed by atoms with E-state index in [-0.39, 0.29) is 34.3 Å². The van der Waals surface area contributed by atoms with Gasteiger partial charge < -0.3 is 9.47 Å². The molecule has 0 aromatic heterocycles. The van der Waals surface area contributed by atoms with E-state index in [0.29, 0.717) is 5.56 Å². The second kappa shape index (κ2) is 8.77. The highest BCUT2D eigenvalue weighted by atomic mass is 19.1. The van der Waals surface area contributed by atoms with Crippen LogP contribution in [0.25, 0.3) is 6.08 Å². The quantitative estimate of drug-likeness (QED) is 0.331. The van der Waals surface area contributed by atoms with E-state index >= 15 is 0 Å². The molecule has 5 nitrogen and oxygen atoms in total. The maximum absolute atomic E-state index is 13.0. The molecule has 0 saturated carbocycles. The van der Waals surface area contributed by atoms with Crippen LogP contribution in [0, 0.1) is 23.1 Å². The number of benzene rings is 2. The number of nitriles is 1. The van der Waals surface area contributed by atoms with Crippen LogP contribution >= 0.6 is 0 Å². The molecule has 2 aromatic rings. The van der Waals surface area contributed by atoms with Crippen LogP contribution in [0.5, 0.6) is 11.5 Å². The number of ketones is 1. The zero-order valence-electron chi connectivity index (χ0n) is 15.2. The lowest BCUT2D eigenvalue weighted by molar-refractivity contribution is -0.117. The number of allylic oxidation sites excluding steroid dienone is 1. The lowest BCUT2D eigenvalue weighted by Gasteiger charge is -2.10. The van der Waals surface area contributed by atoms with Crippen molar-refractivity contribution in [2.45, 2.75) is 13.8 Å². The fourth-order valence-electron chi connectivity index (χ4n) is 2.24. The molecule has 0 aliphatic heterocycles.